The van der Waals surface area contributed by atoms with Crippen molar-refractivity contribution in [2.24, 2.45) is 0 Å². The Bertz CT molecular complexity index is 574. The maximum absolute atomic E-state index is 12.5. The van der Waals surface area contributed by atoms with Gasteiger partial charge in [0.2, 0.25) is 11.8 Å². The Balaban J connectivity index is 1.97. The van der Waals surface area contributed by atoms with E-state index in [1.54, 1.807) is 16.7 Å². The van der Waals surface area contributed by atoms with Crippen LogP contribution in [0.3, 0.4) is 0 Å². The molecule has 0 spiro atoms. The van der Waals surface area contributed by atoms with Crippen molar-refractivity contribution in [3.63, 3.8) is 0 Å². The standard InChI is InChI=1S/C18H26N2O2S/c1-4-5-6-7-17(21)20-12-23-11-16(20)18(22)19-15-9-8-13(2)14(3)10-15/h8-10,16H,4-7,11-12H2,1-3H3,(H,19,22). The third-order valence-corrected chi connectivity index (χ3v) is 5.29. The highest BCUT2D eigenvalue weighted by Gasteiger charge is 2.34. The van der Waals surface area contributed by atoms with Crippen molar-refractivity contribution in [3.8, 4) is 0 Å². The van der Waals surface area contributed by atoms with E-state index in [0.717, 1.165) is 30.5 Å². The molecule has 1 fully saturated rings. The van der Waals surface area contributed by atoms with Crippen LogP contribution in [0.2, 0.25) is 0 Å². The molecule has 23 heavy (non-hydrogen) atoms. The molecule has 5 heteroatoms. The molecule has 1 atom stereocenters. The number of carbonyl (C=O) groups excluding carboxylic acids is 2. The van der Waals surface area contributed by atoms with Gasteiger partial charge in [-0.1, -0.05) is 25.8 Å². The van der Waals surface area contributed by atoms with E-state index in [2.05, 4.69) is 12.2 Å². The lowest BCUT2D eigenvalue weighted by Crippen LogP contribution is -2.44. The van der Waals surface area contributed by atoms with Crippen LogP contribution >= 0.6 is 11.8 Å². The van der Waals surface area contributed by atoms with Gasteiger partial charge in [-0.3, -0.25) is 9.59 Å². The summed E-state index contributed by atoms with van der Waals surface area (Å²) >= 11 is 1.65. The van der Waals surface area contributed by atoms with Gasteiger partial charge in [-0.05, 0) is 43.5 Å². The van der Waals surface area contributed by atoms with Gasteiger partial charge in [-0.15, -0.1) is 11.8 Å². The second kappa shape index (κ2) is 8.39. The van der Waals surface area contributed by atoms with E-state index in [1.807, 2.05) is 32.0 Å². The van der Waals surface area contributed by atoms with Gasteiger partial charge < -0.3 is 10.2 Å². The van der Waals surface area contributed by atoms with Gasteiger partial charge in [0.25, 0.3) is 0 Å². The fourth-order valence-corrected chi connectivity index (χ4v) is 3.80. The Morgan fingerprint density at radius 1 is 1.26 bits per heavy atom. The Morgan fingerprint density at radius 3 is 2.74 bits per heavy atom. The molecule has 0 saturated carbocycles. The van der Waals surface area contributed by atoms with E-state index in [-0.39, 0.29) is 17.9 Å². The van der Waals surface area contributed by atoms with E-state index in [0.29, 0.717) is 18.1 Å². The highest BCUT2D eigenvalue weighted by atomic mass is 32.2. The number of thioether (sulfide) groups is 1. The molecule has 1 N–H and O–H groups in total. The molecular formula is C18H26N2O2S. The maximum Gasteiger partial charge on any atom is 0.248 e. The monoisotopic (exact) mass is 334 g/mol. The fraction of sp³-hybridized carbons (Fsp3) is 0.556. The number of amides is 2. The topological polar surface area (TPSA) is 49.4 Å². The second-order valence-electron chi connectivity index (χ2n) is 6.12. The molecule has 2 amide bonds. The van der Waals surface area contributed by atoms with Crippen molar-refractivity contribution in [3.05, 3.63) is 29.3 Å². The lowest BCUT2D eigenvalue weighted by Gasteiger charge is -2.23. The first-order valence-electron chi connectivity index (χ1n) is 8.28. The smallest absolute Gasteiger partial charge is 0.248 e. The summed E-state index contributed by atoms with van der Waals surface area (Å²) in [6, 6.07) is 5.54. The van der Waals surface area contributed by atoms with Gasteiger partial charge in [0.15, 0.2) is 0 Å². The van der Waals surface area contributed by atoms with Crippen LogP contribution in [-0.2, 0) is 9.59 Å². The second-order valence-corrected chi connectivity index (χ2v) is 7.12. The predicted molar refractivity (Wildman–Crippen MR) is 96.6 cm³/mol. The van der Waals surface area contributed by atoms with Crippen molar-refractivity contribution in [2.45, 2.75) is 52.5 Å². The molecule has 1 saturated heterocycles. The summed E-state index contributed by atoms with van der Waals surface area (Å²) in [6.45, 7) is 6.20. The van der Waals surface area contributed by atoms with E-state index in [1.165, 1.54) is 5.56 Å². The molecule has 1 aliphatic heterocycles. The number of aryl methyl sites for hydroxylation is 2. The molecule has 126 valence electrons. The van der Waals surface area contributed by atoms with Crippen LogP contribution in [0.5, 0.6) is 0 Å². The van der Waals surface area contributed by atoms with Gasteiger partial charge in [-0.25, -0.2) is 0 Å². The Kier molecular flexibility index (Phi) is 6.51. The van der Waals surface area contributed by atoms with Crippen molar-refractivity contribution in [1.29, 1.82) is 0 Å². The number of benzene rings is 1. The Morgan fingerprint density at radius 2 is 2.04 bits per heavy atom. The summed E-state index contributed by atoms with van der Waals surface area (Å²) in [6.07, 6.45) is 3.61. The predicted octanol–water partition coefficient (Wildman–Crippen LogP) is 3.72. The summed E-state index contributed by atoms with van der Waals surface area (Å²) in [5.41, 5.74) is 3.15. The third-order valence-electron chi connectivity index (χ3n) is 4.27. The number of carbonyl (C=O) groups is 2. The van der Waals surface area contributed by atoms with Crippen LogP contribution in [-0.4, -0.2) is 34.4 Å². The summed E-state index contributed by atoms with van der Waals surface area (Å²) in [4.78, 5) is 26.6. The molecule has 4 nitrogen and oxygen atoms in total. The number of nitrogens with one attached hydrogen (secondary N) is 1. The lowest BCUT2D eigenvalue weighted by molar-refractivity contribution is -0.136. The van der Waals surface area contributed by atoms with Crippen molar-refractivity contribution in [2.75, 3.05) is 16.9 Å². The van der Waals surface area contributed by atoms with Crippen LogP contribution in [0, 0.1) is 13.8 Å². The first-order chi connectivity index (χ1) is 11.0. The number of rotatable bonds is 6. The summed E-state index contributed by atoms with van der Waals surface area (Å²) in [7, 11) is 0. The minimum absolute atomic E-state index is 0.0814. The summed E-state index contributed by atoms with van der Waals surface area (Å²) < 4.78 is 0. The van der Waals surface area contributed by atoms with E-state index >= 15 is 0 Å². The zero-order valence-corrected chi connectivity index (χ0v) is 15.0. The molecule has 1 aliphatic rings. The molecule has 0 aliphatic carbocycles. The Hall–Kier alpha value is -1.49. The number of hydrogen-bond acceptors (Lipinski definition) is 3. The number of nitrogens with zero attached hydrogens (tertiary/aromatic N) is 1. The molecule has 1 heterocycles. The summed E-state index contributed by atoms with van der Waals surface area (Å²) in [5, 5.41) is 2.96. The molecule has 0 bridgehead atoms. The van der Waals surface area contributed by atoms with Crippen molar-refractivity contribution >= 4 is 29.3 Å². The average molecular weight is 334 g/mol. The van der Waals surface area contributed by atoms with Crippen LogP contribution in [0.15, 0.2) is 18.2 Å². The van der Waals surface area contributed by atoms with E-state index in [9.17, 15) is 9.59 Å². The first-order valence-corrected chi connectivity index (χ1v) is 9.43. The molecule has 0 radical (unpaired) electrons. The van der Waals surface area contributed by atoms with Gasteiger partial charge in [-0.2, -0.15) is 0 Å². The number of anilines is 1. The molecule has 0 aromatic heterocycles. The molecule has 1 aromatic rings. The summed E-state index contributed by atoms with van der Waals surface area (Å²) in [5.74, 6) is 1.32. The highest BCUT2D eigenvalue weighted by molar-refractivity contribution is 7.99. The quantitative estimate of drug-likeness (QED) is 0.807. The van der Waals surface area contributed by atoms with Crippen LogP contribution in [0.25, 0.3) is 0 Å². The molecule has 1 unspecified atom stereocenters. The van der Waals surface area contributed by atoms with E-state index in [4.69, 9.17) is 0 Å². The van der Waals surface area contributed by atoms with E-state index < -0.39 is 0 Å². The van der Waals surface area contributed by atoms with Gasteiger partial charge in [0.1, 0.15) is 6.04 Å². The molecule has 2 rings (SSSR count). The fourth-order valence-electron chi connectivity index (χ4n) is 2.62. The number of unbranched alkanes of at least 4 members (excludes halogenated alkanes) is 2. The Labute approximate surface area is 143 Å². The largest absolute Gasteiger partial charge is 0.324 e. The van der Waals surface area contributed by atoms with Crippen molar-refractivity contribution in [1.82, 2.24) is 4.90 Å². The van der Waals surface area contributed by atoms with Crippen LogP contribution in [0.4, 0.5) is 5.69 Å². The van der Waals surface area contributed by atoms with Crippen LogP contribution in [0.1, 0.15) is 43.7 Å². The van der Waals surface area contributed by atoms with Gasteiger partial charge >= 0.3 is 0 Å². The zero-order chi connectivity index (χ0) is 16.8. The average Bonchev–Trinajstić information content (AvgIpc) is 3.01. The van der Waals surface area contributed by atoms with Gasteiger partial charge in [0.05, 0.1) is 5.88 Å². The van der Waals surface area contributed by atoms with Gasteiger partial charge in [0, 0.05) is 17.9 Å². The zero-order valence-electron chi connectivity index (χ0n) is 14.2. The maximum atomic E-state index is 12.5. The van der Waals surface area contributed by atoms with Crippen molar-refractivity contribution < 1.29 is 9.59 Å². The minimum Gasteiger partial charge on any atom is -0.324 e. The minimum atomic E-state index is -0.351. The number of hydrogen-bond donors (Lipinski definition) is 1. The normalized spacial score (nSPS) is 17.3. The lowest BCUT2D eigenvalue weighted by atomic mass is 10.1. The highest BCUT2D eigenvalue weighted by Crippen LogP contribution is 2.24. The SMILES string of the molecule is CCCCCC(=O)N1CSCC1C(=O)Nc1ccc(C)c(C)c1. The third kappa shape index (κ3) is 4.74. The first kappa shape index (κ1) is 17.9. The van der Waals surface area contributed by atoms with Crippen LogP contribution < -0.4 is 5.32 Å². The molecular weight excluding hydrogens is 308 g/mol. The molecule has 1 aromatic carbocycles.